The smallest absolute Gasteiger partial charge is 0.270 e. The van der Waals surface area contributed by atoms with Crippen LogP contribution in [0, 0.1) is 11.7 Å². The molecule has 2 aromatic heterocycles. The molecule has 0 spiro atoms. The third-order valence-corrected chi connectivity index (χ3v) is 5.30. The van der Waals surface area contributed by atoms with Gasteiger partial charge in [0.2, 0.25) is 0 Å². The van der Waals surface area contributed by atoms with E-state index in [0.29, 0.717) is 35.2 Å². The van der Waals surface area contributed by atoms with Crippen LogP contribution in [0.15, 0.2) is 36.7 Å². The molecule has 0 saturated carbocycles. The fourth-order valence-corrected chi connectivity index (χ4v) is 3.57. The Morgan fingerprint density at radius 1 is 1.25 bits per heavy atom. The minimum Gasteiger partial charge on any atom is -0.351 e. The topological polar surface area (TPSA) is 75.4 Å². The lowest BCUT2D eigenvalue weighted by Crippen LogP contribution is -2.33. The van der Waals surface area contributed by atoms with Crippen molar-refractivity contribution in [2.24, 2.45) is 5.92 Å². The summed E-state index contributed by atoms with van der Waals surface area (Å²) < 4.78 is 14.6. The first kappa shape index (κ1) is 18.5. The summed E-state index contributed by atoms with van der Waals surface area (Å²) in [5, 5.41) is 7.11. The van der Waals surface area contributed by atoms with Crippen molar-refractivity contribution in [2.45, 2.75) is 19.3 Å². The summed E-state index contributed by atoms with van der Waals surface area (Å²) in [6, 6.07) is 7.66. The van der Waals surface area contributed by atoms with E-state index in [0.717, 1.165) is 19.5 Å². The number of amides is 1. The summed E-state index contributed by atoms with van der Waals surface area (Å²) in [7, 11) is 2.14. The van der Waals surface area contributed by atoms with Crippen molar-refractivity contribution < 1.29 is 9.18 Å². The van der Waals surface area contributed by atoms with E-state index in [4.69, 9.17) is 0 Å². The Hall–Kier alpha value is -2.87. The molecule has 3 heterocycles. The second-order valence-electron chi connectivity index (χ2n) is 7.30. The lowest BCUT2D eigenvalue weighted by molar-refractivity contribution is 0.0941. The zero-order valence-corrected chi connectivity index (χ0v) is 15.8. The molecule has 0 radical (unpaired) electrons. The maximum absolute atomic E-state index is 13.2. The van der Waals surface area contributed by atoms with E-state index >= 15 is 0 Å². The first-order valence-electron chi connectivity index (χ1n) is 9.53. The van der Waals surface area contributed by atoms with Gasteiger partial charge < -0.3 is 10.2 Å². The fourth-order valence-electron chi connectivity index (χ4n) is 3.57. The molecule has 0 unspecified atom stereocenters. The number of rotatable bonds is 5. The van der Waals surface area contributed by atoms with Crippen LogP contribution in [0.25, 0.3) is 17.0 Å². The average molecular weight is 382 g/mol. The van der Waals surface area contributed by atoms with Crippen molar-refractivity contribution in [1.29, 1.82) is 0 Å². The van der Waals surface area contributed by atoms with E-state index in [-0.39, 0.29) is 11.7 Å². The second kappa shape index (κ2) is 8.02. The Balaban J connectivity index is 1.49. The van der Waals surface area contributed by atoms with Crippen LogP contribution in [-0.2, 0) is 0 Å². The molecule has 0 atom stereocenters. The standard InChI is InChI=1S/C20H23FN6O/c1-26-10-7-14(8-11-26)6-9-22-19(28)18-12-17(15-2-4-16(21)5-3-15)25-20-23-13-24-27(18)20/h2-5,12-14H,6-11H2,1H3,(H,22,28). The molecule has 7 nitrogen and oxygen atoms in total. The molecule has 3 aromatic rings. The van der Waals surface area contributed by atoms with E-state index < -0.39 is 0 Å². The molecular formula is C20H23FN6O. The Morgan fingerprint density at radius 3 is 2.75 bits per heavy atom. The zero-order chi connectivity index (χ0) is 19.5. The van der Waals surface area contributed by atoms with Crippen molar-refractivity contribution >= 4 is 11.7 Å². The molecule has 28 heavy (non-hydrogen) atoms. The van der Waals surface area contributed by atoms with Crippen LogP contribution < -0.4 is 5.32 Å². The highest BCUT2D eigenvalue weighted by molar-refractivity contribution is 5.94. The van der Waals surface area contributed by atoms with Crippen LogP contribution in [0.5, 0.6) is 0 Å². The van der Waals surface area contributed by atoms with Gasteiger partial charge in [0.15, 0.2) is 0 Å². The number of hydrogen-bond donors (Lipinski definition) is 1. The van der Waals surface area contributed by atoms with Crippen molar-refractivity contribution in [3.63, 3.8) is 0 Å². The molecule has 146 valence electrons. The molecule has 1 saturated heterocycles. The number of likely N-dealkylation sites (tertiary alicyclic amines) is 1. The summed E-state index contributed by atoms with van der Waals surface area (Å²) >= 11 is 0. The molecule has 4 rings (SSSR count). The predicted molar refractivity (Wildman–Crippen MR) is 103 cm³/mol. The number of carbonyl (C=O) groups is 1. The SMILES string of the molecule is CN1CCC(CCNC(=O)c2cc(-c3ccc(F)cc3)nc3ncnn23)CC1. The lowest BCUT2D eigenvalue weighted by Gasteiger charge is -2.28. The van der Waals surface area contributed by atoms with E-state index in [1.54, 1.807) is 18.2 Å². The van der Waals surface area contributed by atoms with Gasteiger partial charge in [0.1, 0.15) is 17.8 Å². The van der Waals surface area contributed by atoms with Gasteiger partial charge in [0.25, 0.3) is 11.7 Å². The summed E-state index contributed by atoms with van der Waals surface area (Å²) in [5.74, 6) is 0.450. The molecule has 0 aliphatic carbocycles. The van der Waals surface area contributed by atoms with Gasteiger partial charge in [-0.15, -0.1) is 0 Å². The number of nitrogens with zero attached hydrogens (tertiary/aromatic N) is 5. The van der Waals surface area contributed by atoms with Crippen molar-refractivity contribution in [2.75, 3.05) is 26.7 Å². The van der Waals surface area contributed by atoms with Gasteiger partial charge in [-0.2, -0.15) is 14.6 Å². The third kappa shape index (κ3) is 4.01. The summed E-state index contributed by atoms with van der Waals surface area (Å²) in [4.78, 5) is 23.7. The Bertz CT molecular complexity index is 962. The van der Waals surface area contributed by atoms with Crippen LogP contribution >= 0.6 is 0 Å². The van der Waals surface area contributed by atoms with Gasteiger partial charge >= 0.3 is 0 Å². The third-order valence-electron chi connectivity index (χ3n) is 5.30. The number of hydrogen-bond acceptors (Lipinski definition) is 5. The molecule has 1 aromatic carbocycles. The molecule has 8 heteroatoms. The molecule has 1 fully saturated rings. The number of aromatic nitrogens is 4. The molecule has 1 aliphatic rings. The Kier molecular flexibility index (Phi) is 5.29. The predicted octanol–water partition coefficient (Wildman–Crippen LogP) is 2.39. The molecule has 1 N–H and O–H groups in total. The summed E-state index contributed by atoms with van der Waals surface area (Å²) in [6.45, 7) is 2.85. The number of carbonyl (C=O) groups excluding carboxylic acids is 1. The minimum atomic E-state index is -0.320. The minimum absolute atomic E-state index is 0.214. The van der Waals surface area contributed by atoms with Crippen LogP contribution in [-0.4, -0.2) is 57.1 Å². The molecule has 0 bridgehead atoms. The monoisotopic (exact) mass is 382 g/mol. The highest BCUT2D eigenvalue weighted by atomic mass is 19.1. The van der Waals surface area contributed by atoms with Crippen LogP contribution in [0.1, 0.15) is 29.8 Å². The van der Waals surface area contributed by atoms with Gasteiger partial charge in [-0.25, -0.2) is 9.37 Å². The highest BCUT2D eigenvalue weighted by Gasteiger charge is 2.18. The molecular weight excluding hydrogens is 359 g/mol. The van der Waals surface area contributed by atoms with E-state index in [1.807, 2.05) is 0 Å². The average Bonchev–Trinajstić information content (AvgIpc) is 3.18. The molecule has 1 amide bonds. The number of fused-ring (bicyclic) bond motifs is 1. The van der Waals surface area contributed by atoms with E-state index in [9.17, 15) is 9.18 Å². The molecule has 1 aliphatic heterocycles. The van der Waals surface area contributed by atoms with Gasteiger partial charge in [-0.3, -0.25) is 4.79 Å². The van der Waals surface area contributed by atoms with Crippen LogP contribution in [0.2, 0.25) is 0 Å². The van der Waals surface area contributed by atoms with Gasteiger partial charge in [-0.1, -0.05) is 0 Å². The van der Waals surface area contributed by atoms with Crippen LogP contribution in [0.4, 0.5) is 4.39 Å². The fraction of sp³-hybridized carbons (Fsp3) is 0.400. The normalized spacial score (nSPS) is 15.8. The lowest BCUT2D eigenvalue weighted by atomic mass is 9.94. The summed E-state index contributed by atoms with van der Waals surface area (Å²) in [6.07, 6.45) is 4.68. The van der Waals surface area contributed by atoms with Crippen LogP contribution in [0.3, 0.4) is 0 Å². The Morgan fingerprint density at radius 2 is 2.00 bits per heavy atom. The maximum atomic E-state index is 13.2. The number of halogens is 1. The van der Waals surface area contributed by atoms with Crippen molar-refractivity contribution in [3.8, 4) is 11.3 Å². The quantitative estimate of drug-likeness (QED) is 0.733. The number of nitrogens with one attached hydrogen (secondary N) is 1. The van der Waals surface area contributed by atoms with E-state index in [1.165, 1.54) is 35.8 Å². The van der Waals surface area contributed by atoms with E-state index in [2.05, 4.69) is 32.3 Å². The zero-order valence-electron chi connectivity index (χ0n) is 15.8. The van der Waals surface area contributed by atoms with Crippen molar-refractivity contribution in [1.82, 2.24) is 29.8 Å². The first-order valence-corrected chi connectivity index (χ1v) is 9.53. The highest BCUT2D eigenvalue weighted by Crippen LogP contribution is 2.21. The largest absolute Gasteiger partial charge is 0.351 e. The van der Waals surface area contributed by atoms with Gasteiger partial charge in [0, 0.05) is 12.1 Å². The second-order valence-corrected chi connectivity index (χ2v) is 7.30. The van der Waals surface area contributed by atoms with Gasteiger partial charge in [0.05, 0.1) is 5.69 Å². The first-order chi connectivity index (χ1) is 13.6. The Labute approximate surface area is 162 Å². The van der Waals surface area contributed by atoms with Crippen molar-refractivity contribution in [3.05, 3.63) is 48.2 Å². The van der Waals surface area contributed by atoms with Gasteiger partial charge in [-0.05, 0) is 75.6 Å². The summed E-state index contributed by atoms with van der Waals surface area (Å²) in [5.41, 5.74) is 1.64. The maximum Gasteiger partial charge on any atom is 0.270 e. The number of piperidine rings is 1. The number of benzene rings is 1.